The highest BCUT2D eigenvalue weighted by atomic mass is 15.4. The van der Waals surface area contributed by atoms with Crippen LogP contribution < -0.4 is 9.47 Å². The average molecular weight is 251 g/mol. The number of imidazole rings is 1. The normalized spacial score (nSPS) is 14.1. The zero-order valence-electron chi connectivity index (χ0n) is 10.8. The van der Waals surface area contributed by atoms with Gasteiger partial charge < -0.3 is 0 Å². The van der Waals surface area contributed by atoms with Crippen molar-refractivity contribution in [3.8, 4) is 0 Å². The maximum absolute atomic E-state index is 4.77. The molecule has 0 radical (unpaired) electrons. The van der Waals surface area contributed by atoms with Gasteiger partial charge in [-0.1, -0.05) is 18.2 Å². The van der Waals surface area contributed by atoms with Gasteiger partial charge in [0.1, 0.15) is 6.54 Å². The molecule has 1 aliphatic rings. The summed E-state index contributed by atoms with van der Waals surface area (Å²) in [5, 5.41) is 0. The number of fused-ring (bicyclic) bond motifs is 3. The topological polar surface area (TPSA) is 24.9 Å². The summed E-state index contributed by atoms with van der Waals surface area (Å²) < 4.78 is 4.43. The lowest BCUT2D eigenvalue weighted by Crippen LogP contribution is -2.36. The van der Waals surface area contributed by atoms with Crippen LogP contribution in [-0.4, -0.2) is 16.1 Å². The van der Waals surface area contributed by atoms with Gasteiger partial charge >= 0.3 is 5.95 Å². The molecule has 3 heterocycles. The highest BCUT2D eigenvalue weighted by Crippen LogP contribution is 2.30. The molecule has 1 aromatic carbocycles. The molecule has 0 amide bonds. The minimum absolute atomic E-state index is 0.977. The van der Waals surface area contributed by atoms with Crippen molar-refractivity contribution >= 4 is 22.8 Å². The van der Waals surface area contributed by atoms with Crippen molar-refractivity contribution in [3.05, 3.63) is 48.7 Å². The minimum atomic E-state index is 0.977. The molecule has 0 saturated heterocycles. The molecule has 0 aliphatic carbocycles. The Morgan fingerprint density at radius 2 is 1.89 bits per heavy atom. The van der Waals surface area contributed by atoms with Crippen molar-refractivity contribution in [3.63, 3.8) is 0 Å². The lowest BCUT2D eigenvalue weighted by Gasteiger charge is -2.09. The third-order valence-electron chi connectivity index (χ3n) is 3.73. The maximum Gasteiger partial charge on any atom is 0.302 e. The summed E-state index contributed by atoms with van der Waals surface area (Å²) in [4.78, 5) is 7.05. The first-order valence-electron chi connectivity index (χ1n) is 6.52. The Kier molecular flexibility index (Phi) is 2.12. The van der Waals surface area contributed by atoms with Gasteiger partial charge in [-0.15, -0.1) is 0 Å². The fourth-order valence-corrected chi connectivity index (χ4v) is 2.80. The van der Waals surface area contributed by atoms with E-state index in [1.54, 1.807) is 0 Å². The van der Waals surface area contributed by atoms with Crippen LogP contribution in [0.4, 0.5) is 11.8 Å². The molecule has 4 nitrogen and oxygen atoms in total. The Morgan fingerprint density at radius 1 is 1.05 bits per heavy atom. The fourth-order valence-electron chi connectivity index (χ4n) is 2.80. The summed E-state index contributed by atoms with van der Waals surface area (Å²) in [5.74, 6) is 2.22. The number of hydrogen-bond donors (Lipinski definition) is 0. The SMILES string of the molecule is C[n+]1ccccc1N1CCn2c1nc1ccccc12. The number of pyridine rings is 1. The van der Waals surface area contributed by atoms with Gasteiger partial charge in [0.15, 0.2) is 0 Å². The third-order valence-corrected chi connectivity index (χ3v) is 3.73. The average Bonchev–Trinajstić information content (AvgIpc) is 2.98. The first-order valence-corrected chi connectivity index (χ1v) is 6.52. The number of aryl methyl sites for hydroxylation is 1. The zero-order valence-corrected chi connectivity index (χ0v) is 10.8. The number of aromatic nitrogens is 3. The first kappa shape index (κ1) is 10.6. The predicted molar refractivity (Wildman–Crippen MR) is 74.4 cm³/mol. The summed E-state index contributed by atoms with van der Waals surface area (Å²) in [5.41, 5.74) is 2.29. The second kappa shape index (κ2) is 3.82. The molecule has 0 N–H and O–H groups in total. The lowest BCUT2D eigenvalue weighted by molar-refractivity contribution is -0.658. The Labute approximate surface area is 111 Å². The van der Waals surface area contributed by atoms with Crippen molar-refractivity contribution in [2.45, 2.75) is 6.54 Å². The van der Waals surface area contributed by atoms with Gasteiger partial charge in [-0.3, -0.25) is 4.57 Å². The number of nitrogens with zero attached hydrogens (tertiary/aromatic N) is 4. The van der Waals surface area contributed by atoms with Crippen LogP contribution in [0.2, 0.25) is 0 Å². The number of para-hydroxylation sites is 2. The molecular formula is C15H15N4+. The number of benzene rings is 1. The molecule has 0 fully saturated rings. The van der Waals surface area contributed by atoms with E-state index in [2.05, 4.69) is 57.6 Å². The van der Waals surface area contributed by atoms with Gasteiger partial charge in [0, 0.05) is 6.07 Å². The Morgan fingerprint density at radius 3 is 2.79 bits per heavy atom. The smallest absolute Gasteiger partial charge is 0.286 e. The van der Waals surface area contributed by atoms with Gasteiger partial charge in [0.2, 0.25) is 0 Å². The Balaban J connectivity index is 1.91. The van der Waals surface area contributed by atoms with E-state index in [0.717, 1.165) is 24.6 Å². The summed E-state index contributed by atoms with van der Waals surface area (Å²) in [6, 6.07) is 14.6. The molecule has 0 unspecified atom stereocenters. The number of rotatable bonds is 1. The van der Waals surface area contributed by atoms with E-state index in [1.807, 2.05) is 12.1 Å². The molecule has 0 atom stereocenters. The first-order chi connectivity index (χ1) is 9.34. The molecule has 0 spiro atoms. The van der Waals surface area contributed by atoms with Crippen LogP contribution in [0.25, 0.3) is 11.0 Å². The number of anilines is 2. The van der Waals surface area contributed by atoms with Crippen LogP contribution >= 0.6 is 0 Å². The lowest BCUT2D eigenvalue weighted by atomic mass is 10.3. The van der Waals surface area contributed by atoms with E-state index in [0.29, 0.717) is 0 Å². The quantitative estimate of drug-likeness (QED) is 0.618. The largest absolute Gasteiger partial charge is 0.302 e. The van der Waals surface area contributed by atoms with Crippen molar-refractivity contribution in [1.82, 2.24) is 9.55 Å². The van der Waals surface area contributed by atoms with Crippen LogP contribution in [-0.2, 0) is 13.6 Å². The van der Waals surface area contributed by atoms with E-state index >= 15 is 0 Å². The summed E-state index contributed by atoms with van der Waals surface area (Å²) in [6.07, 6.45) is 2.07. The standard InChI is InChI=1S/C15H15N4/c1-17-9-5-4-8-14(17)19-11-10-18-13-7-3-2-6-12(13)16-15(18)19/h2-9H,10-11H2,1H3/q+1. The minimum Gasteiger partial charge on any atom is -0.286 e. The van der Waals surface area contributed by atoms with Gasteiger partial charge in [0.05, 0.1) is 30.8 Å². The van der Waals surface area contributed by atoms with E-state index in [1.165, 1.54) is 11.3 Å². The molecule has 0 bridgehead atoms. The monoisotopic (exact) mass is 251 g/mol. The highest BCUT2D eigenvalue weighted by Gasteiger charge is 2.32. The Hall–Kier alpha value is -2.36. The molecule has 94 valence electrons. The molecule has 2 aromatic heterocycles. The van der Waals surface area contributed by atoms with Crippen molar-refractivity contribution in [2.24, 2.45) is 7.05 Å². The zero-order chi connectivity index (χ0) is 12.8. The van der Waals surface area contributed by atoms with E-state index < -0.39 is 0 Å². The molecular weight excluding hydrogens is 236 g/mol. The summed E-state index contributed by atoms with van der Waals surface area (Å²) in [6.45, 7) is 1.97. The third kappa shape index (κ3) is 1.46. The van der Waals surface area contributed by atoms with Gasteiger partial charge in [-0.05, 0) is 18.2 Å². The highest BCUT2D eigenvalue weighted by molar-refractivity contribution is 5.80. The van der Waals surface area contributed by atoms with Crippen LogP contribution in [0.15, 0.2) is 48.7 Å². The van der Waals surface area contributed by atoms with Crippen LogP contribution in [0.1, 0.15) is 0 Å². The molecule has 1 aliphatic heterocycles. The van der Waals surface area contributed by atoms with Gasteiger partial charge in [0.25, 0.3) is 5.82 Å². The second-order valence-corrected chi connectivity index (χ2v) is 4.87. The second-order valence-electron chi connectivity index (χ2n) is 4.87. The molecule has 4 rings (SSSR count). The molecule has 19 heavy (non-hydrogen) atoms. The van der Waals surface area contributed by atoms with Crippen LogP contribution in [0.5, 0.6) is 0 Å². The van der Waals surface area contributed by atoms with Crippen molar-refractivity contribution < 1.29 is 4.57 Å². The number of hydrogen-bond acceptors (Lipinski definition) is 2. The van der Waals surface area contributed by atoms with Crippen molar-refractivity contribution in [1.29, 1.82) is 0 Å². The summed E-state index contributed by atoms with van der Waals surface area (Å²) >= 11 is 0. The Bertz CT molecular complexity index is 760. The van der Waals surface area contributed by atoms with Crippen LogP contribution in [0.3, 0.4) is 0 Å². The van der Waals surface area contributed by atoms with E-state index in [4.69, 9.17) is 4.98 Å². The maximum atomic E-state index is 4.77. The van der Waals surface area contributed by atoms with Gasteiger partial charge in [-0.25, -0.2) is 4.57 Å². The van der Waals surface area contributed by atoms with E-state index in [-0.39, 0.29) is 0 Å². The molecule has 4 heteroatoms. The van der Waals surface area contributed by atoms with Crippen molar-refractivity contribution in [2.75, 3.05) is 11.4 Å². The molecule has 3 aromatic rings. The predicted octanol–water partition coefficient (Wildman–Crippen LogP) is 2.01. The summed E-state index contributed by atoms with van der Waals surface area (Å²) in [7, 11) is 2.07. The van der Waals surface area contributed by atoms with E-state index in [9.17, 15) is 0 Å². The molecule has 0 saturated carbocycles. The fraction of sp³-hybridized carbons (Fsp3) is 0.200. The van der Waals surface area contributed by atoms with Gasteiger partial charge in [-0.2, -0.15) is 9.88 Å². The van der Waals surface area contributed by atoms with Crippen LogP contribution in [0, 0.1) is 0 Å².